The van der Waals surface area contributed by atoms with Crippen molar-refractivity contribution in [1.82, 2.24) is 0 Å². The zero-order chi connectivity index (χ0) is 65.8. The van der Waals surface area contributed by atoms with Crippen LogP contribution in [0.1, 0.15) is 230 Å². The van der Waals surface area contributed by atoms with Crippen LogP contribution in [0.25, 0.3) is 0 Å². The van der Waals surface area contributed by atoms with Crippen molar-refractivity contribution in [2.45, 2.75) is 186 Å². The van der Waals surface area contributed by atoms with E-state index >= 15 is 0 Å². The lowest BCUT2D eigenvalue weighted by Crippen LogP contribution is -2.21. The number of rotatable bonds is 20. The molecule has 0 spiro atoms. The number of carbonyl (C=O) groups excluding carboxylic acids is 12. The maximum Gasteiger partial charge on any atom is 0.308 e. The molecule has 0 saturated heterocycles. The van der Waals surface area contributed by atoms with Gasteiger partial charge in [0.05, 0.1) is 0 Å². The van der Waals surface area contributed by atoms with E-state index in [1.54, 1.807) is 27.7 Å². The van der Waals surface area contributed by atoms with E-state index in [4.69, 9.17) is 56.8 Å². The molecule has 1 aliphatic carbocycles. The Bertz CT molecular complexity index is 2870. The third-order valence-electron chi connectivity index (χ3n) is 13.3. The van der Waals surface area contributed by atoms with Crippen LogP contribution in [0, 0.1) is 0 Å². The molecule has 0 unspecified atom stereocenters. The number of hydrogen-bond donors (Lipinski definition) is 0. The second-order valence-electron chi connectivity index (χ2n) is 20.7. The van der Waals surface area contributed by atoms with Gasteiger partial charge in [-0.15, -0.1) is 0 Å². The minimum atomic E-state index is -1.34. The molecular formula is C64H72O24. The van der Waals surface area contributed by atoms with Crippen molar-refractivity contribution in [3.63, 3.8) is 0 Å². The summed E-state index contributed by atoms with van der Waals surface area (Å²) < 4.78 is 72.4. The van der Waals surface area contributed by atoms with E-state index in [0.29, 0.717) is 0 Å². The summed E-state index contributed by atoms with van der Waals surface area (Å²) in [5, 5.41) is 0. The molecule has 24 heteroatoms. The second-order valence-corrected chi connectivity index (χ2v) is 20.7. The molecule has 0 fully saturated rings. The third-order valence-corrected chi connectivity index (χ3v) is 13.3. The smallest absolute Gasteiger partial charge is 0.308 e. The molecule has 0 aromatic heterocycles. The first kappa shape index (κ1) is 69.3. The van der Waals surface area contributed by atoms with Crippen molar-refractivity contribution in [2.75, 3.05) is 0 Å². The highest BCUT2D eigenvalue weighted by molar-refractivity contribution is 5.87. The van der Waals surface area contributed by atoms with Gasteiger partial charge in [-0.05, 0) is 49.9 Å². The van der Waals surface area contributed by atoms with Crippen molar-refractivity contribution in [2.24, 2.45) is 0 Å². The third kappa shape index (κ3) is 16.5. The van der Waals surface area contributed by atoms with Gasteiger partial charge in [-0.2, -0.15) is 0 Å². The first-order chi connectivity index (χ1) is 41.4. The molecule has 0 radical (unpaired) electrons. The molecule has 24 nitrogen and oxygen atoms in total. The van der Waals surface area contributed by atoms with Crippen LogP contribution in [0.15, 0.2) is 24.3 Å². The zero-order valence-corrected chi connectivity index (χ0v) is 52.1. The van der Waals surface area contributed by atoms with Gasteiger partial charge < -0.3 is 56.8 Å². The summed E-state index contributed by atoms with van der Waals surface area (Å²) in [5.41, 5.74) is -0.604. The Labute approximate surface area is 507 Å². The Morgan fingerprint density at radius 2 is 0.318 bits per heavy atom. The maximum absolute atomic E-state index is 13.6. The molecule has 0 amide bonds. The van der Waals surface area contributed by atoms with E-state index in [-0.39, 0.29) is 95.9 Å². The number of carbonyl (C=O) groups is 12. The SMILES string of the molecule is CCCC1c2cc(c(OC(C)=O)c(OC(C)=O)c2OC(C)=O)C(CCC)c2cc(c(OC(C)=O)c(OC(C)=O)c2OC(C)=O)C(CCC)c2cc(c(OC(C)=O)c(OC(C)=O)c2OC(C)=O)C(CCC)c2cc1c(OC(C)=O)c(OC(C)=O)c2OC(C)=O. The summed E-state index contributed by atoms with van der Waals surface area (Å²) in [5.74, 6) is -24.3. The predicted molar refractivity (Wildman–Crippen MR) is 308 cm³/mol. The Kier molecular flexibility index (Phi) is 23.8. The average Bonchev–Trinajstić information content (AvgIpc) is 2.54. The molecule has 4 aromatic rings. The number of hydrogen-bond acceptors (Lipinski definition) is 24. The summed E-state index contributed by atoms with van der Waals surface area (Å²) in [6, 6.07) is 5.78. The Morgan fingerprint density at radius 3 is 0.409 bits per heavy atom. The van der Waals surface area contributed by atoms with Crippen LogP contribution in [-0.2, 0) is 57.5 Å². The van der Waals surface area contributed by atoms with Gasteiger partial charge in [0.1, 0.15) is 0 Å². The van der Waals surface area contributed by atoms with Crippen molar-refractivity contribution < 1.29 is 114 Å². The second kappa shape index (κ2) is 30.2. The fourth-order valence-electron chi connectivity index (χ4n) is 10.7. The van der Waals surface area contributed by atoms with Crippen LogP contribution in [0.2, 0.25) is 0 Å². The lowest BCUT2D eigenvalue weighted by Gasteiger charge is -2.33. The zero-order valence-electron chi connectivity index (χ0n) is 52.1. The Balaban J connectivity index is 2.53. The molecule has 1 aliphatic rings. The minimum Gasteiger partial charge on any atom is -0.422 e. The molecule has 472 valence electrons. The topological polar surface area (TPSA) is 316 Å². The monoisotopic (exact) mass is 1220 g/mol. The van der Waals surface area contributed by atoms with Gasteiger partial charge in [-0.3, -0.25) is 57.5 Å². The molecule has 0 atom stereocenters. The fourth-order valence-corrected chi connectivity index (χ4v) is 10.7. The van der Waals surface area contributed by atoms with Crippen molar-refractivity contribution >= 4 is 71.6 Å². The highest BCUT2D eigenvalue weighted by Crippen LogP contribution is 2.61. The molecule has 8 bridgehead atoms. The van der Waals surface area contributed by atoms with E-state index in [2.05, 4.69) is 0 Å². The van der Waals surface area contributed by atoms with E-state index in [9.17, 15) is 57.5 Å². The van der Waals surface area contributed by atoms with Gasteiger partial charge in [0, 0.05) is 151 Å². The number of benzene rings is 4. The summed E-state index contributed by atoms with van der Waals surface area (Å²) in [4.78, 5) is 163. The van der Waals surface area contributed by atoms with E-state index in [1.165, 1.54) is 24.3 Å². The molecule has 0 N–H and O–H groups in total. The van der Waals surface area contributed by atoms with Gasteiger partial charge >= 0.3 is 71.6 Å². The van der Waals surface area contributed by atoms with Crippen LogP contribution in [0.3, 0.4) is 0 Å². The largest absolute Gasteiger partial charge is 0.422 e. The van der Waals surface area contributed by atoms with E-state index in [0.717, 1.165) is 83.1 Å². The Hall–Kier alpha value is -9.48. The Morgan fingerprint density at radius 1 is 0.216 bits per heavy atom. The highest BCUT2D eigenvalue weighted by atomic mass is 16.6. The average molecular weight is 1230 g/mol. The molecule has 0 aliphatic heterocycles. The first-order valence-corrected chi connectivity index (χ1v) is 28.4. The van der Waals surface area contributed by atoms with Crippen LogP contribution in [-0.4, -0.2) is 71.6 Å². The fraction of sp³-hybridized carbons (Fsp3) is 0.438. The molecule has 0 saturated carbocycles. The number of fused-ring (bicyclic) bond motifs is 8. The number of esters is 12. The van der Waals surface area contributed by atoms with Crippen LogP contribution >= 0.6 is 0 Å². The molecule has 0 heterocycles. The maximum atomic E-state index is 13.6. The van der Waals surface area contributed by atoms with Gasteiger partial charge in [0.15, 0.2) is 46.0 Å². The minimum absolute atomic E-state index is 0.0527. The van der Waals surface area contributed by atoms with E-state index in [1.807, 2.05) is 0 Å². The van der Waals surface area contributed by atoms with Crippen LogP contribution in [0.5, 0.6) is 69.0 Å². The van der Waals surface area contributed by atoms with Gasteiger partial charge in [0.2, 0.25) is 23.0 Å². The predicted octanol–water partition coefficient (Wildman–Crippen LogP) is 10.8. The standard InChI is InChI=1S/C64H72O24/c1-17-21-41-45-25-47(55(79-31(7)67)61(85-37(13)73)53(45)77-29(5)65)42(22-18-2)49-27-51(59(83-35(11)71)63(87-39(15)75)57(49)81-33(9)69)44(24-20-4)52-28-50(58(82-34(10)70)64(88-40(16)76)60(52)84-36(12)72)43(23-19-3)48-26-46(41)54(78-30(6)66)62(86-38(14)74)56(48)80-32(8)68/h25-28,41-44H,17-24H2,1-16H3. The van der Waals surface area contributed by atoms with Crippen molar-refractivity contribution in [3.05, 3.63) is 68.8 Å². The quantitative estimate of drug-likeness (QED) is 0.0586. The van der Waals surface area contributed by atoms with Crippen molar-refractivity contribution in [1.29, 1.82) is 0 Å². The summed E-state index contributed by atoms with van der Waals surface area (Å²) >= 11 is 0. The van der Waals surface area contributed by atoms with Crippen LogP contribution < -0.4 is 56.8 Å². The molecule has 5 rings (SSSR count). The van der Waals surface area contributed by atoms with Gasteiger partial charge in [-0.25, -0.2) is 0 Å². The molecular weight excluding hydrogens is 1150 g/mol. The van der Waals surface area contributed by atoms with Crippen LogP contribution in [0.4, 0.5) is 0 Å². The van der Waals surface area contributed by atoms with Crippen molar-refractivity contribution in [3.8, 4) is 69.0 Å². The normalized spacial score (nSPS) is 14.8. The lowest BCUT2D eigenvalue weighted by atomic mass is 9.76. The summed E-state index contributed by atoms with van der Waals surface area (Å²) in [6.45, 7) is 19.3. The molecule has 4 aromatic carbocycles. The van der Waals surface area contributed by atoms with E-state index < -0.39 is 164 Å². The summed E-state index contributed by atoms with van der Waals surface area (Å²) in [6.07, 6.45) is 0.622. The lowest BCUT2D eigenvalue weighted by molar-refractivity contribution is -0.135. The van der Waals surface area contributed by atoms with Gasteiger partial charge in [0.25, 0.3) is 0 Å². The highest BCUT2D eigenvalue weighted by Gasteiger charge is 2.43. The number of ether oxygens (including phenoxy) is 12. The molecule has 88 heavy (non-hydrogen) atoms. The van der Waals surface area contributed by atoms with Gasteiger partial charge in [-0.1, -0.05) is 53.4 Å². The summed E-state index contributed by atoms with van der Waals surface area (Å²) in [7, 11) is 0. The first-order valence-electron chi connectivity index (χ1n) is 28.4.